The lowest BCUT2D eigenvalue weighted by Crippen LogP contribution is -1.39. The number of hydrogen-bond donors (Lipinski definition) is 1. The Bertz CT molecular complexity index is 289. The summed E-state index contributed by atoms with van der Waals surface area (Å²) in [7, 11) is 0. The van der Waals surface area contributed by atoms with E-state index in [1.165, 1.54) is 10.1 Å². The third-order valence-electron chi connectivity index (χ3n) is 1.15. The second-order valence-electron chi connectivity index (χ2n) is 1.78. The molecule has 0 saturated carbocycles. The molecule has 0 unspecified atom stereocenters. The van der Waals surface area contributed by atoms with E-state index in [4.69, 9.17) is 0 Å². The van der Waals surface area contributed by atoms with Crippen LogP contribution in [0.3, 0.4) is 0 Å². The molecule has 2 rings (SSSR count). The van der Waals surface area contributed by atoms with Gasteiger partial charge in [-0.15, -0.1) is 24.0 Å². The molecule has 0 nitrogen and oxygen atoms in total. The molecular weight excluding hydrogens is 168 g/mol. The highest BCUT2D eigenvalue weighted by molar-refractivity contribution is 7.83. The molecule has 0 radical (unpaired) electrons. The average molecular weight is 172 g/mol. The highest BCUT2D eigenvalue weighted by Gasteiger charge is 1.96. The van der Waals surface area contributed by atoms with Gasteiger partial charge in [0.05, 0.1) is 4.21 Å². The minimum absolute atomic E-state index is 1.10. The van der Waals surface area contributed by atoms with Crippen molar-refractivity contribution < 1.29 is 0 Å². The van der Waals surface area contributed by atoms with Crippen LogP contribution in [0.25, 0.3) is 10.1 Å². The zero-order valence-corrected chi connectivity index (χ0v) is 7.02. The van der Waals surface area contributed by atoms with Crippen molar-refractivity contribution in [2.45, 2.75) is 4.21 Å². The molecule has 0 spiro atoms. The topological polar surface area (TPSA) is 0 Å². The molecular formula is C6H4S3. The molecule has 2 aromatic heterocycles. The van der Waals surface area contributed by atoms with Crippen molar-refractivity contribution in [3.8, 4) is 0 Å². The quantitative estimate of drug-likeness (QED) is 0.579. The summed E-state index contributed by atoms with van der Waals surface area (Å²) < 4.78 is 2.46. The average Bonchev–Trinajstić information content (AvgIpc) is 2.22. The van der Waals surface area contributed by atoms with Gasteiger partial charge in [-0.25, -0.2) is 0 Å². The van der Waals surface area contributed by atoms with E-state index in [1.807, 2.05) is 0 Å². The van der Waals surface area contributed by atoms with Gasteiger partial charge in [-0.1, -0.05) is 0 Å². The van der Waals surface area contributed by atoms with Crippen LogP contribution in [0.1, 0.15) is 0 Å². The number of hydrogen-bond acceptors (Lipinski definition) is 3. The van der Waals surface area contributed by atoms with Gasteiger partial charge in [-0.05, 0) is 11.4 Å². The highest BCUT2D eigenvalue weighted by atomic mass is 32.2. The summed E-state index contributed by atoms with van der Waals surface area (Å²) >= 11 is 7.71. The number of fused-ring (bicyclic) bond motifs is 1. The second kappa shape index (κ2) is 2.01. The van der Waals surface area contributed by atoms with Crippen molar-refractivity contribution in [1.29, 1.82) is 0 Å². The molecule has 0 aliphatic heterocycles. The van der Waals surface area contributed by atoms with Gasteiger partial charge < -0.3 is 0 Å². The fourth-order valence-electron chi connectivity index (χ4n) is 0.759. The van der Waals surface area contributed by atoms with Crippen LogP contribution in [0.5, 0.6) is 0 Å². The molecule has 0 bridgehead atoms. The summed E-state index contributed by atoms with van der Waals surface area (Å²) in [5.74, 6) is 0. The smallest absolute Gasteiger partial charge is 0.0581 e. The van der Waals surface area contributed by atoms with E-state index in [0.717, 1.165) is 4.21 Å². The molecule has 0 aliphatic rings. The molecule has 0 atom stereocenters. The van der Waals surface area contributed by atoms with Crippen molar-refractivity contribution in [3.05, 3.63) is 16.8 Å². The first kappa shape index (κ1) is 5.77. The van der Waals surface area contributed by atoms with Gasteiger partial charge in [0.1, 0.15) is 0 Å². The Kier molecular flexibility index (Phi) is 1.29. The van der Waals surface area contributed by atoms with Crippen molar-refractivity contribution in [1.82, 2.24) is 0 Å². The van der Waals surface area contributed by atoms with Crippen molar-refractivity contribution in [2.75, 3.05) is 0 Å². The van der Waals surface area contributed by atoms with E-state index in [0.29, 0.717) is 0 Å². The Morgan fingerprint density at radius 3 is 3.00 bits per heavy atom. The Hall–Kier alpha value is 0.01000. The summed E-state index contributed by atoms with van der Waals surface area (Å²) in [5.41, 5.74) is 0. The first-order valence-corrected chi connectivity index (χ1v) is 4.71. The van der Waals surface area contributed by atoms with Crippen LogP contribution in [0.15, 0.2) is 21.0 Å². The lowest BCUT2D eigenvalue weighted by molar-refractivity contribution is 1.81. The molecule has 0 saturated heterocycles. The molecule has 9 heavy (non-hydrogen) atoms. The van der Waals surface area contributed by atoms with E-state index in [2.05, 4.69) is 29.5 Å². The van der Waals surface area contributed by atoms with Crippen LogP contribution in [0.2, 0.25) is 0 Å². The lowest BCUT2D eigenvalue weighted by Gasteiger charge is -1.68. The maximum atomic E-state index is 4.23. The van der Waals surface area contributed by atoms with Crippen LogP contribution < -0.4 is 0 Å². The number of rotatable bonds is 0. The van der Waals surface area contributed by atoms with Crippen LogP contribution in [0.4, 0.5) is 0 Å². The van der Waals surface area contributed by atoms with Crippen LogP contribution >= 0.6 is 35.3 Å². The summed E-state index contributed by atoms with van der Waals surface area (Å²) in [4.78, 5) is 0. The van der Waals surface area contributed by atoms with Gasteiger partial charge in [-0.3, -0.25) is 0 Å². The maximum Gasteiger partial charge on any atom is 0.0581 e. The van der Waals surface area contributed by atoms with Crippen LogP contribution in [-0.2, 0) is 0 Å². The molecule has 3 heteroatoms. The second-order valence-corrected chi connectivity index (χ2v) is 4.39. The largest absolute Gasteiger partial charge is 0.150 e. The van der Waals surface area contributed by atoms with Gasteiger partial charge in [0, 0.05) is 15.5 Å². The lowest BCUT2D eigenvalue weighted by atomic mass is 10.4. The minimum atomic E-state index is 1.10. The van der Waals surface area contributed by atoms with Crippen molar-refractivity contribution >= 4 is 45.4 Å². The van der Waals surface area contributed by atoms with E-state index in [1.54, 1.807) is 22.7 Å². The standard InChI is InChI=1S/C6H4S3/c7-6-1-4-2-8-3-5(4)9-6/h1-3,7H. The molecule has 2 heterocycles. The predicted octanol–water partition coefficient (Wildman–Crippen LogP) is 3.25. The predicted molar refractivity (Wildman–Crippen MR) is 47.0 cm³/mol. The first-order valence-electron chi connectivity index (χ1n) is 2.51. The maximum absolute atomic E-state index is 4.23. The van der Waals surface area contributed by atoms with E-state index >= 15 is 0 Å². The Balaban J connectivity index is 2.92. The zero-order chi connectivity index (χ0) is 6.27. The van der Waals surface area contributed by atoms with Crippen molar-refractivity contribution in [2.24, 2.45) is 0 Å². The molecule has 2 aromatic rings. The van der Waals surface area contributed by atoms with Gasteiger partial charge >= 0.3 is 0 Å². The Labute approximate surface area is 66.5 Å². The first-order chi connectivity index (χ1) is 4.36. The van der Waals surface area contributed by atoms with E-state index in [9.17, 15) is 0 Å². The Morgan fingerprint density at radius 1 is 1.33 bits per heavy atom. The van der Waals surface area contributed by atoms with E-state index < -0.39 is 0 Å². The number of thiophene rings is 2. The van der Waals surface area contributed by atoms with Crippen molar-refractivity contribution in [3.63, 3.8) is 0 Å². The molecule has 0 N–H and O–H groups in total. The van der Waals surface area contributed by atoms with Gasteiger partial charge in [0.25, 0.3) is 0 Å². The third kappa shape index (κ3) is 0.892. The third-order valence-corrected chi connectivity index (χ3v) is 3.36. The van der Waals surface area contributed by atoms with E-state index in [-0.39, 0.29) is 0 Å². The summed E-state index contributed by atoms with van der Waals surface area (Å²) in [6, 6.07) is 2.10. The minimum Gasteiger partial charge on any atom is -0.150 e. The molecule has 0 aliphatic carbocycles. The zero-order valence-electron chi connectivity index (χ0n) is 4.50. The molecule has 0 amide bonds. The number of thiol groups is 1. The SMILES string of the molecule is Sc1cc2cscc2s1. The summed E-state index contributed by atoms with van der Waals surface area (Å²) in [6.45, 7) is 0. The van der Waals surface area contributed by atoms with Gasteiger partial charge in [-0.2, -0.15) is 11.3 Å². The van der Waals surface area contributed by atoms with Gasteiger partial charge in [0.2, 0.25) is 0 Å². The fourth-order valence-corrected chi connectivity index (χ4v) is 2.94. The highest BCUT2D eigenvalue weighted by Crippen LogP contribution is 2.30. The molecule has 0 aromatic carbocycles. The molecule has 46 valence electrons. The summed E-state index contributed by atoms with van der Waals surface area (Å²) in [5, 5.41) is 5.63. The van der Waals surface area contributed by atoms with Crippen LogP contribution in [0, 0.1) is 0 Å². The molecule has 0 fully saturated rings. The monoisotopic (exact) mass is 172 g/mol. The van der Waals surface area contributed by atoms with Gasteiger partial charge in [0.15, 0.2) is 0 Å². The summed E-state index contributed by atoms with van der Waals surface area (Å²) in [6.07, 6.45) is 0. The normalized spacial score (nSPS) is 10.8. The fraction of sp³-hybridized carbons (Fsp3) is 0. The van der Waals surface area contributed by atoms with Crippen LogP contribution in [-0.4, -0.2) is 0 Å². The Morgan fingerprint density at radius 2 is 2.22 bits per heavy atom.